The maximum atomic E-state index is 11.0. The third-order valence-corrected chi connectivity index (χ3v) is 4.25. The first kappa shape index (κ1) is 15.9. The maximum Gasteiger partial charge on any atom is 0.323 e. The molecule has 0 spiro atoms. The van der Waals surface area contributed by atoms with Crippen LogP contribution in [0.3, 0.4) is 0 Å². The fourth-order valence-corrected chi connectivity index (χ4v) is 2.54. The summed E-state index contributed by atoms with van der Waals surface area (Å²) in [5.41, 5.74) is 4.75. The van der Waals surface area contributed by atoms with Crippen LogP contribution in [0.4, 0.5) is 0 Å². The monoisotopic (exact) mass is 283 g/mol. The molecule has 0 aromatic heterocycles. The molecule has 0 aliphatic heterocycles. The second-order valence-electron chi connectivity index (χ2n) is 4.44. The Hall–Kier alpha value is -1.20. The lowest BCUT2D eigenvalue weighted by atomic mass is 9.92. The van der Waals surface area contributed by atoms with Crippen LogP contribution in [0.15, 0.2) is 29.2 Å². The molecule has 1 unspecified atom stereocenters. The van der Waals surface area contributed by atoms with Crippen LogP contribution in [0.2, 0.25) is 0 Å². The summed E-state index contributed by atoms with van der Waals surface area (Å²) in [4.78, 5) is 12.2. The van der Waals surface area contributed by atoms with Gasteiger partial charge in [0, 0.05) is 4.90 Å². The summed E-state index contributed by atoms with van der Waals surface area (Å²) in [5, 5.41) is 9.06. The average Bonchev–Trinajstić information content (AvgIpc) is 2.43. The predicted octanol–water partition coefficient (Wildman–Crippen LogP) is 2.76. The van der Waals surface area contributed by atoms with Gasteiger partial charge in [0.1, 0.15) is 11.3 Å². The van der Waals surface area contributed by atoms with Crippen LogP contribution < -0.4 is 10.5 Å². The molecular formula is C14H21NO3S. The Bertz CT molecular complexity index is 408. The lowest BCUT2D eigenvalue weighted by Gasteiger charge is -2.22. The van der Waals surface area contributed by atoms with Crippen molar-refractivity contribution in [3.05, 3.63) is 24.3 Å². The highest BCUT2D eigenvalue weighted by Gasteiger charge is 2.30. The minimum atomic E-state index is -1.08. The van der Waals surface area contributed by atoms with Crippen molar-refractivity contribution in [2.24, 2.45) is 5.73 Å². The van der Waals surface area contributed by atoms with E-state index in [1.807, 2.05) is 31.2 Å². The van der Waals surface area contributed by atoms with Crippen LogP contribution in [0.25, 0.3) is 0 Å². The molecule has 4 nitrogen and oxygen atoms in total. The van der Waals surface area contributed by atoms with Crippen LogP contribution in [0.5, 0.6) is 5.75 Å². The van der Waals surface area contributed by atoms with Gasteiger partial charge >= 0.3 is 5.97 Å². The van der Waals surface area contributed by atoms with Crippen LogP contribution in [-0.2, 0) is 4.79 Å². The third-order valence-electron chi connectivity index (χ3n) is 3.15. The molecule has 1 rings (SSSR count). The maximum absolute atomic E-state index is 11.0. The van der Waals surface area contributed by atoms with Crippen molar-refractivity contribution in [3.8, 4) is 5.75 Å². The van der Waals surface area contributed by atoms with Gasteiger partial charge in [0.25, 0.3) is 0 Å². The lowest BCUT2D eigenvalue weighted by Crippen LogP contribution is -2.47. The first-order valence-electron chi connectivity index (χ1n) is 6.31. The Balaban J connectivity index is 2.35. The van der Waals surface area contributed by atoms with Gasteiger partial charge < -0.3 is 15.6 Å². The fraction of sp³-hybridized carbons (Fsp3) is 0.500. The number of benzene rings is 1. The molecular weight excluding hydrogens is 262 g/mol. The largest absolute Gasteiger partial charge is 0.497 e. The SMILES string of the molecule is CCC(N)(CCCSc1ccc(OC)cc1)C(=O)O. The molecule has 0 saturated carbocycles. The minimum Gasteiger partial charge on any atom is -0.497 e. The smallest absolute Gasteiger partial charge is 0.323 e. The van der Waals surface area contributed by atoms with Crippen LogP contribution >= 0.6 is 11.8 Å². The highest BCUT2D eigenvalue weighted by atomic mass is 32.2. The molecule has 0 radical (unpaired) electrons. The highest BCUT2D eigenvalue weighted by Crippen LogP contribution is 2.24. The molecule has 5 heteroatoms. The van der Waals surface area contributed by atoms with Gasteiger partial charge in [-0.1, -0.05) is 6.92 Å². The zero-order chi connectivity index (χ0) is 14.3. The zero-order valence-corrected chi connectivity index (χ0v) is 12.2. The number of rotatable bonds is 8. The Labute approximate surface area is 118 Å². The molecule has 0 bridgehead atoms. The van der Waals surface area contributed by atoms with Crippen LogP contribution in [0, 0.1) is 0 Å². The second kappa shape index (κ2) is 7.40. The van der Waals surface area contributed by atoms with Gasteiger partial charge in [-0.15, -0.1) is 11.8 Å². The number of thioether (sulfide) groups is 1. The van der Waals surface area contributed by atoms with Crippen molar-refractivity contribution >= 4 is 17.7 Å². The van der Waals surface area contributed by atoms with E-state index >= 15 is 0 Å². The first-order chi connectivity index (χ1) is 9.01. The van der Waals surface area contributed by atoms with E-state index in [1.165, 1.54) is 0 Å². The molecule has 0 heterocycles. The Kier molecular flexibility index (Phi) is 6.18. The summed E-state index contributed by atoms with van der Waals surface area (Å²) < 4.78 is 5.09. The topological polar surface area (TPSA) is 72.5 Å². The Morgan fingerprint density at radius 1 is 1.42 bits per heavy atom. The van der Waals surface area contributed by atoms with E-state index in [2.05, 4.69) is 0 Å². The van der Waals surface area contributed by atoms with Crippen LogP contribution in [-0.4, -0.2) is 29.5 Å². The summed E-state index contributed by atoms with van der Waals surface area (Å²) in [5.74, 6) is 0.782. The summed E-state index contributed by atoms with van der Waals surface area (Å²) in [6, 6.07) is 7.82. The molecule has 1 aromatic carbocycles. The van der Waals surface area contributed by atoms with E-state index in [1.54, 1.807) is 18.9 Å². The average molecular weight is 283 g/mol. The standard InChI is InChI=1S/C14H21NO3S/c1-3-14(15,13(16)17)9-4-10-19-12-7-5-11(18-2)6-8-12/h5-8H,3-4,9-10,15H2,1-2H3,(H,16,17). The van der Waals surface area contributed by atoms with Gasteiger partial charge in [0.15, 0.2) is 0 Å². The predicted molar refractivity (Wildman–Crippen MR) is 77.8 cm³/mol. The summed E-state index contributed by atoms with van der Waals surface area (Å²) in [7, 11) is 1.64. The van der Waals surface area contributed by atoms with E-state index in [0.29, 0.717) is 12.8 Å². The summed E-state index contributed by atoms with van der Waals surface area (Å²) in [6.07, 6.45) is 1.74. The van der Waals surface area contributed by atoms with E-state index < -0.39 is 11.5 Å². The van der Waals surface area contributed by atoms with Crippen molar-refractivity contribution in [1.82, 2.24) is 0 Å². The van der Waals surface area contributed by atoms with Crippen LogP contribution in [0.1, 0.15) is 26.2 Å². The Morgan fingerprint density at radius 2 is 2.05 bits per heavy atom. The lowest BCUT2D eigenvalue weighted by molar-refractivity contribution is -0.143. The highest BCUT2D eigenvalue weighted by molar-refractivity contribution is 7.99. The van der Waals surface area contributed by atoms with Gasteiger partial charge in [-0.3, -0.25) is 4.79 Å². The number of carbonyl (C=O) groups is 1. The van der Waals surface area contributed by atoms with E-state index in [4.69, 9.17) is 15.6 Å². The number of nitrogens with two attached hydrogens (primary N) is 1. The number of ether oxygens (including phenoxy) is 1. The molecule has 3 N–H and O–H groups in total. The Morgan fingerprint density at radius 3 is 2.53 bits per heavy atom. The second-order valence-corrected chi connectivity index (χ2v) is 5.61. The van der Waals surface area contributed by atoms with Gasteiger partial charge in [0.2, 0.25) is 0 Å². The number of hydrogen-bond acceptors (Lipinski definition) is 4. The normalized spacial score (nSPS) is 13.8. The third kappa shape index (κ3) is 4.76. The molecule has 0 aliphatic rings. The number of carboxylic acids is 1. The fourth-order valence-electron chi connectivity index (χ4n) is 1.68. The number of aliphatic carboxylic acids is 1. The molecule has 1 atom stereocenters. The van der Waals surface area contributed by atoms with Gasteiger partial charge in [0.05, 0.1) is 7.11 Å². The van der Waals surface area contributed by atoms with E-state index in [9.17, 15) is 4.79 Å². The number of methoxy groups -OCH3 is 1. The summed E-state index contributed by atoms with van der Waals surface area (Å²) in [6.45, 7) is 1.81. The first-order valence-corrected chi connectivity index (χ1v) is 7.29. The van der Waals surface area contributed by atoms with Crippen molar-refractivity contribution in [1.29, 1.82) is 0 Å². The van der Waals surface area contributed by atoms with Crippen molar-refractivity contribution in [2.75, 3.05) is 12.9 Å². The summed E-state index contributed by atoms with van der Waals surface area (Å²) >= 11 is 1.70. The van der Waals surface area contributed by atoms with Crippen molar-refractivity contribution in [2.45, 2.75) is 36.6 Å². The van der Waals surface area contributed by atoms with E-state index in [0.717, 1.165) is 22.8 Å². The van der Waals surface area contributed by atoms with Gasteiger partial charge in [-0.05, 0) is 49.3 Å². The molecule has 1 aromatic rings. The molecule has 106 valence electrons. The van der Waals surface area contributed by atoms with Gasteiger partial charge in [-0.25, -0.2) is 0 Å². The van der Waals surface area contributed by atoms with Crippen molar-refractivity contribution < 1.29 is 14.6 Å². The number of hydrogen-bond donors (Lipinski definition) is 2. The van der Waals surface area contributed by atoms with E-state index in [-0.39, 0.29) is 0 Å². The molecule has 19 heavy (non-hydrogen) atoms. The molecule has 0 aliphatic carbocycles. The molecule has 0 amide bonds. The molecule has 0 fully saturated rings. The van der Waals surface area contributed by atoms with Crippen molar-refractivity contribution in [3.63, 3.8) is 0 Å². The quantitative estimate of drug-likeness (QED) is 0.567. The molecule has 0 saturated heterocycles. The van der Waals surface area contributed by atoms with Gasteiger partial charge in [-0.2, -0.15) is 0 Å². The zero-order valence-electron chi connectivity index (χ0n) is 11.4. The minimum absolute atomic E-state index is 0.454. The number of carboxylic acid groups (broad SMARTS) is 1.